The van der Waals surface area contributed by atoms with E-state index in [2.05, 4.69) is 11.9 Å². The zero-order valence-corrected chi connectivity index (χ0v) is 17.3. The zero-order chi connectivity index (χ0) is 19.4. The Kier molecular flexibility index (Phi) is 6.52. The van der Waals surface area contributed by atoms with E-state index in [1.807, 2.05) is 29.6 Å². The second kappa shape index (κ2) is 8.87. The van der Waals surface area contributed by atoms with Crippen molar-refractivity contribution in [3.8, 4) is 0 Å². The van der Waals surface area contributed by atoms with Gasteiger partial charge >= 0.3 is 0 Å². The Morgan fingerprint density at radius 2 is 2.00 bits per heavy atom. The Morgan fingerprint density at radius 3 is 2.63 bits per heavy atom. The molecule has 27 heavy (non-hydrogen) atoms. The molecule has 0 aliphatic rings. The number of carbonyl (C=O) groups excluding carboxylic acids is 1. The molecule has 0 aliphatic carbocycles. The van der Waals surface area contributed by atoms with Crippen molar-refractivity contribution in [1.82, 2.24) is 4.98 Å². The summed E-state index contributed by atoms with van der Waals surface area (Å²) in [6.07, 6.45) is 0.951. The average molecular weight is 421 g/mol. The number of amides is 1. The summed E-state index contributed by atoms with van der Waals surface area (Å²) in [5.74, 6) is 0.0974. The second-order valence-corrected chi connectivity index (χ2v) is 8.15. The van der Waals surface area contributed by atoms with E-state index in [9.17, 15) is 9.18 Å². The number of aromatic nitrogens is 1. The first-order valence-electron chi connectivity index (χ1n) is 8.40. The highest BCUT2D eigenvalue weighted by Crippen LogP contribution is 2.32. The molecule has 1 amide bonds. The molecule has 0 bridgehead atoms. The lowest BCUT2D eigenvalue weighted by Gasteiger charge is -2.18. The number of hydrogen-bond donors (Lipinski definition) is 0. The fourth-order valence-electron chi connectivity index (χ4n) is 2.50. The highest BCUT2D eigenvalue weighted by molar-refractivity contribution is 7.98. The fraction of sp³-hybridized carbons (Fsp3) is 0.200. The van der Waals surface area contributed by atoms with Crippen molar-refractivity contribution in [2.24, 2.45) is 0 Å². The summed E-state index contributed by atoms with van der Waals surface area (Å²) >= 11 is 8.77. The predicted molar refractivity (Wildman–Crippen MR) is 112 cm³/mol. The van der Waals surface area contributed by atoms with Gasteiger partial charge in [0, 0.05) is 23.0 Å². The van der Waals surface area contributed by atoms with Crippen molar-refractivity contribution < 1.29 is 9.18 Å². The van der Waals surface area contributed by atoms with Crippen molar-refractivity contribution in [2.75, 3.05) is 4.90 Å². The molecule has 0 atom stereocenters. The van der Waals surface area contributed by atoms with Gasteiger partial charge in [0.2, 0.25) is 5.91 Å². The number of thioether (sulfide) groups is 1. The Bertz CT molecular complexity index is 943. The van der Waals surface area contributed by atoms with Crippen molar-refractivity contribution >= 4 is 51.4 Å². The van der Waals surface area contributed by atoms with Crippen LogP contribution in [-0.2, 0) is 17.0 Å². The molecule has 0 N–H and O–H groups in total. The molecule has 1 heterocycles. The van der Waals surface area contributed by atoms with Gasteiger partial charge in [-0.1, -0.05) is 30.7 Å². The number of halogens is 2. The van der Waals surface area contributed by atoms with Crippen LogP contribution in [0.25, 0.3) is 0 Å². The summed E-state index contributed by atoms with van der Waals surface area (Å²) in [4.78, 5) is 19.3. The number of anilines is 2. The topological polar surface area (TPSA) is 33.2 Å². The van der Waals surface area contributed by atoms with Crippen LogP contribution >= 0.6 is 34.7 Å². The van der Waals surface area contributed by atoms with Gasteiger partial charge in [0.05, 0.1) is 16.4 Å². The Morgan fingerprint density at radius 1 is 1.26 bits per heavy atom. The molecule has 0 saturated carbocycles. The van der Waals surface area contributed by atoms with Crippen LogP contribution in [0.1, 0.15) is 25.1 Å². The third kappa shape index (κ3) is 4.89. The first-order valence-corrected chi connectivity index (χ1v) is 10.6. The second-order valence-electron chi connectivity index (χ2n) is 5.86. The van der Waals surface area contributed by atoms with Gasteiger partial charge in [0.15, 0.2) is 5.13 Å². The summed E-state index contributed by atoms with van der Waals surface area (Å²) in [7, 11) is 0. The van der Waals surface area contributed by atoms with E-state index in [0.717, 1.165) is 22.7 Å². The van der Waals surface area contributed by atoms with Crippen LogP contribution in [0.4, 0.5) is 15.2 Å². The largest absolute Gasteiger partial charge is 0.274 e. The summed E-state index contributed by atoms with van der Waals surface area (Å²) in [5, 5.41) is 2.68. The normalized spacial score (nSPS) is 10.8. The van der Waals surface area contributed by atoms with E-state index >= 15 is 0 Å². The van der Waals surface area contributed by atoms with Crippen LogP contribution in [0, 0.1) is 5.82 Å². The Labute approximate surface area is 171 Å². The molecular formula is C20H18ClFN2OS2. The predicted octanol–water partition coefficient (Wildman–Crippen LogP) is 6.47. The van der Waals surface area contributed by atoms with Gasteiger partial charge in [-0.15, -0.1) is 23.1 Å². The van der Waals surface area contributed by atoms with E-state index in [-0.39, 0.29) is 10.9 Å². The first kappa shape index (κ1) is 19.9. The molecule has 7 heteroatoms. The van der Waals surface area contributed by atoms with Crippen molar-refractivity contribution in [3.63, 3.8) is 0 Å². The molecule has 0 fully saturated rings. The number of carbonyl (C=O) groups is 1. The van der Waals surface area contributed by atoms with E-state index in [4.69, 9.17) is 11.6 Å². The number of benzene rings is 2. The van der Waals surface area contributed by atoms with Gasteiger partial charge in [-0.3, -0.25) is 9.69 Å². The van der Waals surface area contributed by atoms with Gasteiger partial charge in [0.1, 0.15) is 5.82 Å². The zero-order valence-electron chi connectivity index (χ0n) is 14.9. The van der Waals surface area contributed by atoms with Gasteiger partial charge < -0.3 is 0 Å². The minimum absolute atomic E-state index is 0.0851. The number of rotatable bonds is 6. The van der Waals surface area contributed by atoms with Crippen LogP contribution in [-0.4, -0.2) is 10.9 Å². The quantitative estimate of drug-likeness (QED) is 0.428. The van der Waals surface area contributed by atoms with E-state index in [0.29, 0.717) is 10.9 Å². The average Bonchev–Trinajstić information content (AvgIpc) is 3.11. The van der Waals surface area contributed by atoms with Crippen LogP contribution in [0.3, 0.4) is 0 Å². The number of nitrogens with zero attached hydrogens (tertiary/aromatic N) is 2. The summed E-state index contributed by atoms with van der Waals surface area (Å²) < 4.78 is 13.2. The maximum atomic E-state index is 13.2. The van der Waals surface area contributed by atoms with E-state index in [1.54, 1.807) is 17.0 Å². The van der Waals surface area contributed by atoms with Crippen LogP contribution in [0.5, 0.6) is 0 Å². The molecule has 1 aromatic heterocycles. The number of thiazole rings is 1. The molecule has 0 spiro atoms. The first-order chi connectivity index (χ1) is 13.0. The van der Waals surface area contributed by atoms with Crippen LogP contribution in [0.15, 0.2) is 52.7 Å². The van der Waals surface area contributed by atoms with E-state index < -0.39 is 5.82 Å². The minimum Gasteiger partial charge on any atom is -0.274 e. The summed E-state index contributed by atoms with van der Waals surface area (Å²) in [6, 6.07) is 12.6. The van der Waals surface area contributed by atoms with Gasteiger partial charge in [-0.2, -0.15) is 0 Å². The monoisotopic (exact) mass is 420 g/mol. The maximum Gasteiger partial charge on any atom is 0.230 e. The smallest absolute Gasteiger partial charge is 0.230 e. The lowest BCUT2D eigenvalue weighted by atomic mass is 10.1. The minimum atomic E-state index is -0.428. The Balaban J connectivity index is 1.75. The molecule has 0 unspecified atom stereocenters. The molecule has 3 rings (SSSR count). The van der Waals surface area contributed by atoms with Crippen LogP contribution < -0.4 is 4.90 Å². The van der Waals surface area contributed by atoms with E-state index in [1.165, 1.54) is 41.7 Å². The molecule has 0 saturated heterocycles. The highest BCUT2D eigenvalue weighted by atomic mass is 35.5. The molecule has 3 aromatic rings. The molecule has 2 aromatic carbocycles. The number of hydrogen-bond acceptors (Lipinski definition) is 4. The van der Waals surface area contributed by atoms with Gasteiger partial charge in [-0.25, -0.2) is 9.37 Å². The summed E-state index contributed by atoms with van der Waals surface area (Å²) in [5.41, 5.74) is 2.88. The Hall–Kier alpha value is -1.89. The lowest BCUT2D eigenvalue weighted by molar-refractivity contribution is -0.115. The third-order valence-corrected chi connectivity index (χ3v) is 6.12. The van der Waals surface area contributed by atoms with Crippen LogP contribution in [0.2, 0.25) is 5.02 Å². The molecule has 140 valence electrons. The van der Waals surface area contributed by atoms with Crippen molar-refractivity contribution in [2.45, 2.75) is 30.9 Å². The highest BCUT2D eigenvalue weighted by Gasteiger charge is 2.18. The van der Waals surface area contributed by atoms with Crippen molar-refractivity contribution in [3.05, 3.63) is 69.9 Å². The van der Waals surface area contributed by atoms with Gasteiger partial charge in [-0.05, 0) is 42.3 Å². The number of aryl methyl sites for hydroxylation is 1. The SMILES string of the molecule is CCc1ccc(N(C(C)=O)c2nc(CSc3ccc(F)c(Cl)c3)cs2)cc1. The summed E-state index contributed by atoms with van der Waals surface area (Å²) in [6.45, 7) is 3.63. The van der Waals surface area contributed by atoms with Crippen molar-refractivity contribution in [1.29, 1.82) is 0 Å². The molecular weight excluding hydrogens is 403 g/mol. The fourth-order valence-corrected chi connectivity index (χ4v) is 4.56. The molecule has 3 nitrogen and oxygen atoms in total. The molecule has 0 aliphatic heterocycles. The standard InChI is InChI=1S/C20H18ClFN2OS2/c1-3-14-4-6-16(7-5-14)24(13(2)25)20-23-15(12-27-20)11-26-17-8-9-19(22)18(21)10-17/h4-10,12H,3,11H2,1-2H3. The maximum absolute atomic E-state index is 13.2. The third-order valence-electron chi connectivity index (χ3n) is 3.93. The van der Waals surface area contributed by atoms with Gasteiger partial charge in [0.25, 0.3) is 0 Å². The molecule has 0 radical (unpaired) electrons. The lowest BCUT2D eigenvalue weighted by Crippen LogP contribution is -2.22.